The number of benzene rings is 1. The molecule has 96 valence electrons. The molecule has 1 aromatic rings. The van der Waals surface area contributed by atoms with E-state index in [0.29, 0.717) is 0 Å². The first-order valence-electron chi connectivity index (χ1n) is 6.21. The summed E-state index contributed by atoms with van der Waals surface area (Å²) < 4.78 is 5.40. The van der Waals surface area contributed by atoms with Gasteiger partial charge in [0.2, 0.25) is 6.08 Å². The molecule has 0 aromatic heterocycles. The van der Waals surface area contributed by atoms with Crippen molar-refractivity contribution >= 4 is 6.08 Å². The summed E-state index contributed by atoms with van der Waals surface area (Å²) in [6.07, 6.45) is 3.49. The number of nitrogens with zero attached hydrogens (tertiary/aromatic N) is 1. The van der Waals surface area contributed by atoms with E-state index in [4.69, 9.17) is 4.74 Å². The van der Waals surface area contributed by atoms with Crippen molar-refractivity contribution in [2.75, 3.05) is 7.11 Å². The van der Waals surface area contributed by atoms with Gasteiger partial charge in [0.25, 0.3) is 0 Å². The van der Waals surface area contributed by atoms with Crippen molar-refractivity contribution in [2.45, 2.75) is 44.6 Å². The van der Waals surface area contributed by atoms with Gasteiger partial charge in [0.1, 0.15) is 11.3 Å². The Morgan fingerprint density at radius 1 is 1.33 bits per heavy atom. The largest absolute Gasteiger partial charge is 0.496 e. The Morgan fingerprint density at radius 2 is 2.00 bits per heavy atom. The van der Waals surface area contributed by atoms with Gasteiger partial charge in [0.15, 0.2) is 0 Å². The first-order chi connectivity index (χ1) is 8.43. The molecule has 3 nitrogen and oxygen atoms in total. The Balaban J connectivity index is 2.54. The third-order valence-corrected chi connectivity index (χ3v) is 3.55. The standard InChI is InChI=1S/C15H19NO2/c1-14(2,3)11-5-6-13(18-4)12(9-11)15(7-8-15)16-10-17/h5-6,9H,7-8H2,1-4H3. The van der Waals surface area contributed by atoms with Gasteiger partial charge in [-0.15, -0.1) is 0 Å². The number of rotatable bonds is 3. The molecule has 0 atom stereocenters. The Labute approximate surface area is 108 Å². The molecule has 0 radical (unpaired) electrons. The molecule has 0 saturated heterocycles. The third kappa shape index (κ3) is 2.19. The highest BCUT2D eigenvalue weighted by Crippen LogP contribution is 2.52. The van der Waals surface area contributed by atoms with Crippen molar-refractivity contribution in [1.29, 1.82) is 0 Å². The van der Waals surface area contributed by atoms with E-state index in [-0.39, 0.29) is 11.0 Å². The zero-order valence-electron chi connectivity index (χ0n) is 11.4. The average Bonchev–Trinajstić information content (AvgIpc) is 3.08. The normalized spacial score (nSPS) is 16.9. The maximum Gasteiger partial charge on any atom is 0.235 e. The summed E-state index contributed by atoms with van der Waals surface area (Å²) in [5.74, 6) is 0.805. The molecule has 1 saturated carbocycles. The molecule has 1 fully saturated rings. The molecule has 0 amide bonds. The van der Waals surface area contributed by atoms with Crippen LogP contribution in [0.2, 0.25) is 0 Å². The molecular formula is C15H19NO2. The number of hydrogen-bond acceptors (Lipinski definition) is 3. The van der Waals surface area contributed by atoms with Crippen molar-refractivity contribution in [3.8, 4) is 5.75 Å². The van der Waals surface area contributed by atoms with Crippen LogP contribution in [0.15, 0.2) is 23.2 Å². The molecule has 0 N–H and O–H groups in total. The van der Waals surface area contributed by atoms with Gasteiger partial charge < -0.3 is 4.74 Å². The highest BCUT2D eigenvalue weighted by atomic mass is 16.5. The first-order valence-corrected chi connectivity index (χ1v) is 6.21. The van der Waals surface area contributed by atoms with Crippen LogP contribution >= 0.6 is 0 Å². The van der Waals surface area contributed by atoms with E-state index >= 15 is 0 Å². The second-order valence-electron chi connectivity index (χ2n) is 5.90. The lowest BCUT2D eigenvalue weighted by molar-refractivity contribution is 0.403. The summed E-state index contributed by atoms with van der Waals surface area (Å²) in [6.45, 7) is 6.50. The Bertz CT molecular complexity index is 504. The molecule has 0 unspecified atom stereocenters. The van der Waals surface area contributed by atoms with Crippen LogP contribution in [0.4, 0.5) is 0 Å². The van der Waals surface area contributed by atoms with Crippen molar-refractivity contribution in [2.24, 2.45) is 4.99 Å². The van der Waals surface area contributed by atoms with Crippen LogP contribution in [0.25, 0.3) is 0 Å². The smallest absolute Gasteiger partial charge is 0.235 e. The van der Waals surface area contributed by atoms with Crippen LogP contribution in [-0.4, -0.2) is 13.2 Å². The zero-order valence-corrected chi connectivity index (χ0v) is 11.4. The van der Waals surface area contributed by atoms with Gasteiger partial charge in [-0.3, -0.25) is 0 Å². The molecular weight excluding hydrogens is 226 g/mol. The number of methoxy groups -OCH3 is 1. The van der Waals surface area contributed by atoms with Gasteiger partial charge in [-0.25, -0.2) is 4.79 Å². The van der Waals surface area contributed by atoms with Gasteiger partial charge in [-0.1, -0.05) is 26.8 Å². The Morgan fingerprint density at radius 3 is 2.44 bits per heavy atom. The zero-order chi connectivity index (χ0) is 13.4. The van der Waals surface area contributed by atoms with Crippen LogP contribution in [0, 0.1) is 0 Å². The molecule has 0 spiro atoms. The van der Waals surface area contributed by atoms with E-state index in [1.807, 2.05) is 6.07 Å². The summed E-state index contributed by atoms with van der Waals surface area (Å²) in [4.78, 5) is 14.6. The number of carbonyl (C=O) groups excluding carboxylic acids is 1. The summed E-state index contributed by atoms with van der Waals surface area (Å²) in [7, 11) is 1.65. The summed E-state index contributed by atoms with van der Waals surface area (Å²) in [6, 6.07) is 6.16. The van der Waals surface area contributed by atoms with E-state index in [0.717, 1.165) is 24.2 Å². The molecule has 0 aliphatic heterocycles. The van der Waals surface area contributed by atoms with Crippen molar-refractivity contribution in [3.63, 3.8) is 0 Å². The minimum absolute atomic E-state index is 0.0714. The lowest BCUT2D eigenvalue weighted by atomic mass is 9.85. The molecule has 3 heteroatoms. The van der Waals surface area contributed by atoms with Gasteiger partial charge in [0, 0.05) is 5.56 Å². The van der Waals surface area contributed by atoms with Gasteiger partial charge in [0.05, 0.1) is 7.11 Å². The second kappa shape index (κ2) is 4.25. The first kappa shape index (κ1) is 12.8. The molecule has 2 rings (SSSR count). The van der Waals surface area contributed by atoms with Crippen molar-refractivity contribution in [3.05, 3.63) is 29.3 Å². The number of hydrogen-bond donors (Lipinski definition) is 0. The minimum Gasteiger partial charge on any atom is -0.496 e. The number of ether oxygens (including phenoxy) is 1. The van der Waals surface area contributed by atoms with Crippen LogP contribution in [0.1, 0.15) is 44.7 Å². The van der Waals surface area contributed by atoms with Crippen LogP contribution in [-0.2, 0) is 15.7 Å². The number of isocyanates is 1. The summed E-state index contributed by atoms with van der Waals surface area (Å²) in [5.41, 5.74) is 1.93. The van der Waals surface area contributed by atoms with E-state index < -0.39 is 0 Å². The fraction of sp³-hybridized carbons (Fsp3) is 0.533. The predicted octanol–water partition coefficient (Wildman–Crippen LogP) is 3.32. The van der Waals surface area contributed by atoms with Crippen molar-refractivity contribution in [1.82, 2.24) is 0 Å². The maximum atomic E-state index is 10.6. The Kier molecular flexibility index (Phi) is 3.04. The fourth-order valence-corrected chi connectivity index (χ4v) is 2.19. The highest BCUT2D eigenvalue weighted by Gasteiger charge is 2.47. The molecule has 18 heavy (non-hydrogen) atoms. The highest BCUT2D eigenvalue weighted by molar-refractivity contribution is 5.49. The van der Waals surface area contributed by atoms with E-state index in [1.54, 1.807) is 13.2 Å². The molecule has 1 aliphatic rings. The lowest BCUT2D eigenvalue weighted by Gasteiger charge is -2.22. The summed E-state index contributed by atoms with van der Waals surface area (Å²) in [5, 5.41) is 0. The molecule has 0 bridgehead atoms. The Hall–Kier alpha value is -1.60. The predicted molar refractivity (Wildman–Crippen MR) is 70.7 cm³/mol. The topological polar surface area (TPSA) is 38.7 Å². The monoisotopic (exact) mass is 245 g/mol. The van der Waals surface area contributed by atoms with Gasteiger partial charge >= 0.3 is 0 Å². The average molecular weight is 245 g/mol. The minimum atomic E-state index is -0.381. The van der Waals surface area contributed by atoms with Crippen LogP contribution in [0.3, 0.4) is 0 Å². The third-order valence-electron chi connectivity index (χ3n) is 3.55. The molecule has 1 aliphatic carbocycles. The van der Waals surface area contributed by atoms with Gasteiger partial charge in [-0.2, -0.15) is 4.99 Å². The van der Waals surface area contributed by atoms with Crippen LogP contribution in [0.5, 0.6) is 5.75 Å². The second-order valence-corrected chi connectivity index (χ2v) is 5.90. The van der Waals surface area contributed by atoms with Crippen molar-refractivity contribution < 1.29 is 9.53 Å². The number of aliphatic imine (C=N–C) groups is 1. The SMILES string of the molecule is COc1ccc(C(C)(C)C)cc1C1(N=C=O)CC1. The van der Waals surface area contributed by atoms with Crippen LogP contribution < -0.4 is 4.74 Å². The maximum absolute atomic E-state index is 10.6. The lowest BCUT2D eigenvalue weighted by Crippen LogP contribution is -2.14. The fourth-order valence-electron chi connectivity index (χ4n) is 2.19. The van der Waals surface area contributed by atoms with E-state index in [2.05, 4.69) is 37.9 Å². The van der Waals surface area contributed by atoms with E-state index in [9.17, 15) is 4.79 Å². The van der Waals surface area contributed by atoms with Gasteiger partial charge in [-0.05, 0) is 36.0 Å². The molecule has 1 aromatic carbocycles. The molecule has 0 heterocycles. The quantitative estimate of drug-likeness (QED) is 0.605. The summed E-state index contributed by atoms with van der Waals surface area (Å²) >= 11 is 0. The van der Waals surface area contributed by atoms with E-state index in [1.165, 1.54) is 5.56 Å².